The Labute approximate surface area is 157 Å². The minimum atomic E-state index is -0.867. The van der Waals surface area contributed by atoms with E-state index in [9.17, 15) is 13.6 Å². The summed E-state index contributed by atoms with van der Waals surface area (Å²) in [4.78, 5) is 21.7. The van der Waals surface area contributed by atoms with Crippen LogP contribution in [0.5, 0.6) is 0 Å². The van der Waals surface area contributed by atoms with Crippen LogP contribution in [0, 0.1) is 17.0 Å². The van der Waals surface area contributed by atoms with Gasteiger partial charge in [0, 0.05) is 39.1 Å². The molecule has 27 heavy (non-hydrogen) atoms. The van der Waals surface area contributed by atoms with Crippen LogP contribution >= 0.6 is 0 Å². The molecule has 5 nitrogen and oxygen atoms in total. The van der Waals surface area contributed by atoms with Crippen molar-refractivity contribution in [2.45, 2.75) is 32.4 Å². The van der Waals surface area contributed by atoms with Crippen LogP contribution in [0.4, 0.5) is 8.78 Å². The maximum atomic E-state index is 13.5. The van der Waals surface area contributed by atoms with Crippen LogP contribution in [0.25, 0.3) is 0 Å². The van der Waals surface area contributed by atoms with Crippen molar-refractivity contribution < 1.29 is 13.6 Å². The summed E-state index contributed by atoms with van der Waals surface area (Å²) >= 11 is 0. The molecule has 1 atom stereocenters. The lowest BCUT2D eigenvalue weighted by molar-refractivity contribution is -0.146. The number of carbonyl (C=O) groups is 1. The van der Waals surface area contributed by atoms with Crippen molar-refractivity contribution in [1.82, 2.24) is 19.4 Å². The largest absolute Gasteiger partial charge is 0.338 e. The predicted molar refractivity (Wildman–Crippen MR) is 96.5 cm³/mol. The quantitative estimate of drug-likeness (QED) is 0.826. The number of hydrogen-bond acceptors (Lipinski definition) is 3. The fourth-order valence-electron chi connectivity index (χ4n) is 4.38. The first-order chi connectivity index (χ1) is 13.0. The maximum absolute atomic E-state index is 13.5. The highest BCUT2D eigenvalue weighted by Crippen LogP contribution is 2.40. The number of carbonyl (C=O) groups excluding carboxylic acids is 1. The van der Waals surface area contributed by atoms with Crippen LogP contribution in [-0.2, 0) is 24.9 Å². The van der Waals surface area contributed by atoms with Gasteiger partial charge >= 0.3 is 0 Å². The second-order valence-corrected chi connectivity index (χ2v) is 7.77. The molecule has 1 spiro atoms. The van der Waals surface area contributed by atoms with E-state index < -0.39 is 11.6 Å². The van der Waals surface area contributed by atoms with Crippen molar-refractivity contribution in [3.8, 4) is 0 Å². The van der Waals surface area contributed by atoms with Gasteiger partial charge in [0.05, 0.1) is 12.0 Å². The van der Waals surface area contributed by atoms with Gasteiger partial charge in [-0.3, -0.25) is 9.69 Å². The van der Waals surface area contributed by atoms with Crippen molar-refractivity contribution in [1.29, 1.82) is 0 Å². The van der Waals surface area contributed by atoms with Crippen LogP contribution < -0.4 is 0 Å². The summed E-state index contributed by atoms with van der Waals surface area (Å²) in [5, 5.41) is 0. The lowest BCUT2D eigenvalue weighted by Gasteiger charge is -2.39. The lowest BCUT2D eigenvalue weighted by atomic mass is 9.78. The molecule has 2 aliphatic heterocycles. The molecule has 7 heteroatoms. The molecule has 1 unspecified atom stereocenters. The first-order valence-electron chi connectivity index (χ1n) is 9.39. The smallest absolute Gasteiger partial charge is 0.230 e. The number of halogens is 2. The van der Waals surface area contributed by atoms with E-state index in [4.69, 9.17) is 0 Å². The predicted octanol–water partition coefficient (Wildman–Crippen LogP) is 2.71. The highest BCUT2D eigenvalue weighted by atomic mass is 19.2. The molecule has 0 aliphatic carbocycles. The summed E-state index contributed by atoms with van der Waals surface area (Å²) in [6.07, 6.45) is 6.38. The number of rotatable bonds is 4. The molecule has 1 aromatic carbocycles. The van der Waals surface area contributed by atoms with Crippen molar-refractivity contribution >= 4 is 5.91 Å². The zero-order chi connectivity index (χ0) is 19.0. The highest BCUT2D eigenvalue weighted by Gasteiger charge is 2.48. The van der Waals surface area contributed by atoms with E-state index in [1.165, 1.54) is 6.07 Å². The van der Waals surface area contributed by atoms with E-state index in [0.29, 0.717) is 18.7 Å². The SMILES string of the molecule is Cn1ccnc1CN1CCC2(CCCN(Cc3ccc(F)c(F)c3)C2=O)C1. The van der Waals surface area contributed by atoms with Crippen molar-refractivity contribution in [3.63, 3.8) is 0 Å². The van der Waals surface area contributed by atoms with E-state index in [1.807, 2.05) is 17.8 Å². The van der Waals surface area contributed by atoms with E-state index >= 15 is 0 Å². The molecule has 0 N–H and O–H groups in total. The minimum Gasteiger partial charge on any atom is -0.338 e. The molecule has 2 saturated heterocycles. The molecule has 144 valence electrons. The average Bonchev–Trinajstić information content (AvgIpc) is 3.23. The third-order valence-electron chi connectivity index (χ3n) is 5.90. The van der Waals surface area contributed by atoms with Gasteiger partial charge in [-0.15, -0.1) is 0 Å². The monoisotopic (exact) mass is 374 g/mol. The number of likely N-dealkylation sites (tertiary alicyclic amines) is 2. The first kappa shape index (κ1) is 18.1. The molecule has 0 radical (unpaired) electrons. The number of aromatic nitrogens is 2. The summed E-state index contributed by atoms with van der Waals surface area (Å²) in [6, 6.07) is 3.86. The molecule has 1 aromatic heterocycles. The topological polar surface area (TPSA) is 41.4 Å². The van der Waals surface area contributed by atoms with E-state index in [-0.39, 0.29) is 11.3 Å². The van der Waals surface area contributed by atoms with Gasteiger partial charge in [-0.05, 0) is 43.5 Å². The Morgan fingerprint density at radius 1 is 1.15 bits per heavy atom. The summed E-state index contributed by atoms with van der Waals surface area (Å²) < 4.78 is 28.7. The number of aryl methyl sites for hydroxylation is 1. The van der Waals surface area contributed by atoms with Gasteiger partial charge < -0.3 is 9.47 Å². The van der Waals surface area contributed by atoms with Crippen LogP contribution in [0.15, 0.2) is 30.6 Å². The van der Waals surface area contributed by atoms with Gasteiger partial charge in [0.2, 0.25) is 5.91 Å². The molecule has 4 rings (SSSR count). The van der Waals surface area contributed by atoms with Gasteiger partial charge in [0.15, 0.2) is 11.6 Å². The molecular formula is C20H24F2N4O. The van der Waals surface area contributed by atoms with Gasteiger partial charge in [0.1, 0.15) is 5.82 Å². The van der Waals surface area contributed by atoms with Crippen LogP contribution in [0.2, 0.25) is 0 Å². The molecule has 0 saturated carbocycles. The van der Waals surface area contributed by atoms with Gasteiger partial charge in [-0.1, -0.05) is 6.07 Å². The van der Waals surface area contributed by atoms with Gasteiger partial charge in [-0.25, -0.2) is 13.8 Å². The third kappa shape index (κ3) is 3.48. The second kappa shape index (κ2) is 7.03. The van der Waals surface area contributed by atoms with E-state index in [2.05, 4.69) is 9.88 Å². The Balaban J connectivity index is 1.45. The Bertz CT molecular complexity index is 852. The summed E-state index contributed by atoms with van der Waals surface area (Å²) in [5.74, 6) is -0.593. The summed E-state index contributed by atoms with van der Waals surface area (Å²) in [6.45, 7) is 3.34. The Morgan fingerprint density at radius 3 is 2.74 bits per heavy atom. The molecule has 2 aliphatic rings. The van der Waals surface area contributed by atoms with Crippen LogP contribution in [-0.4, -0.2) is 44.9 Å². The molecule has 0 bridgehead atoms. The number of amides is 1. The van der Waals surface area contributed by atoms with Crippen LogP contribution in [0.1, 0.15) is 30.7 Å². The van der Waals surface area contributed by atoms with Crippen LogP contribution in [0.3, 0.4) is 0 Å². The number of hydrogen-bond donors (Lipinski definition) is 0. The van der Waals surface area contributed by atoms with Gasteiger partial charge in [-0.2, -0.15) is 0 Å². The van der Waals surface area contributed by atoms with E-state index in [0.717, 1.165) is 50.8 Å². The molecule has 1 amide bonds. The Morgan fingerprint density at radius 2 is 2.00 bits per heavy atom. The minimum absolute atomic E-state index is 0.140. The van der Waals surface area contributed by atoms with Crippen molar-refractivity contribution in [2.75, 3.05) is 19.6 Å². The summed E-state index contributed by atoms with van der Waals surface area (Å²) in [7, 11) is 1.98. The van der Waals surface area contributed by atoms with Crippen molar-refractivity contribution in [2.24, 2.45) is 12.5 Å². The number of benzene rings is 1. The second-order valence-electron chi connectivity index (χ2n) is 7.77. The molecule has 2 fully saturated rings. The third-order valence-corrected chi connectivity index (χ3v) is 5.90. The Hall–Kier alpha value is -2.28. The van der Waals surface area contributed by atoms with Gasteiger partial charge in [0.25, 0.3) is 0 Å². The zero-order valence-corrected chi connectivity index (χ0v) is 15.5. The normalized spacial score (nSPS) is 23.5. The fourth-order valence-corrected chi connectivity index (χ4v) is 4.38. The van der Waals surface area contributed by atoms with Crippen molar-refractivity contribution in [3.05, 3.63) is 53.6 Å². The summed E-state index contributed by atoms with van der Waals surface area (Å²) in [5.41, 5.74) is 0.268. The number of nitrogens with zero attached hydrogens (tertiary/aromatic N) is 4. The maximum Gasteiger partial charge on any atom is 0.230 e. The Kier molecular flexibility index (Phi) is 4.72. The standard InChI is InChI=1S/C20H24F2N4O/c1-24-10-7-23-18(24)13-25-9-6-20(14-25)5-2-8-26(19(20)27)12-15-3-4-16(21)17(22)11-15/h3-4,7,10-11H,2,5-6,8-9,12-14H2,1H3. The van der Waals surface area contributed by atoms with E-state index in [1.54, 1.807) is 17.2 Å². The lowest BCUT2D eigenvalue weighted by Crippen LogP contribution is -2.49. The fraction of sp³-hybridized carbons (Fsp3) is 0.500. The number of imidazole rings is 1. The average molecular weight is 374 g/mol. The molecular weight excluding hydrogens is 350 g/mol. The highest BCUT2D eigenvalue weighted by molar-refractivity contribution is 5.84. The number of piperidine rings is 1. The molecule has 3 heterocycles. The molecule has 2 aromatic rings. The zero-order valence-electron chi connectivity index (χ0n) is 15.5. The first-order valence-corrected chi connectivity index (χ1v) is 9.39.